The van der Waals surface area contributed by atoms with Gasteiger partial charge in [-0.3, -0.25) is 9.59 Å². The molecular formula is C20H18Cl2N4O2. The largest absolute Gasteiger partial charge is 0.352 e. The quantitative estimate of drug-likeness (QED) is 0.643. The second-order valence-electron chi connectivity index (χ2n) is 6.71. The maximum absolute atomic E-state index is 13.1. The lowest BCUT2D eigenvalue weighted by Crippen LogP contribution is -2.49. The molecule has 1 amide bonds. The number of carbonyl (C=O) groups excluding carboxylic acids is 1. The summed E-state index contributed by atoms with van der Waals surface area (Å²) in [5.41, 5.74) is 0.988. The minimum atomic E-state index is -0.196. The number of pyridine rings is 2. The molecule has 1 saturated heterocycles. The molecule has 8 heteroatoms. The number of anilines is 1. The average Bonchev–Trinajstić information content (AvgIpc) is 2.70. The summed E-state index contributed by atoms with van der Waals surface area (Å²) in [5, 5.41) is 1.75. The Labute approximate surface area is 171 Å². The first-order chi connectivity index (χ1) is 13.5. The Bertz CT molecular complexity index is 1120. The van der Waals surface area contributed by atoms with Crippen LogP contribution in [0.3, 0.4) is 0 Å². The molecule has 0 saturated carbocycles. The highest BCUT2D eigenvalue weighted by Gasteiger charge is 2.25. The van der Waals surface area contributed by atoms with Gasteiger partial charge in [-0.1, -0.05) is 41.4 Å². The molecule has 0 atom stereocenters. The molecule has 0 bridgehead atoms. The van der Waals surface area contributed by atoms with E-state index in [1.54, 1.807) is 28.8 Å². The molecule has 3 heterocycles. The van der Waals surface area contributed by atoms with Crippen LogP contribution in [0.1, 0.15) is 10.4 Å². The zero-order valence-corrected chi connectivity index (χ0v) is 16.7. The molecule has 1 aromatic carbocycles. The number of benzene rings is 1. The summed E-state index contributed by atoms with van der Waals surface area (Å²) in [4.78, 5) is 33.5. The maximum Gasteiger partial charge on any atom is 0.254 e. The average molecular weight is 417 g/mol. The van der Waals surface area contributed by atoms with Crippen molar-refractivity contribution < 1.29 is 4.79 Å². The molecular weight excluding hydrogens is 399 g/mol. The third-order valence-electron chi connectivity index (χ3n) is 5.04. The summed E-state index contributed by atoms with van der Waals surface area (Å²) in [7, 11) is 1.71. The number of aromatic nitrogens is 2. The Balaban J connectivity index is 1.57. The molecule has 4 rings (SSSR count). The van der Waals surface area contributed by atoms with E-state index < -0.39 is 0 Å². The summed E-state index contributed by atoms with van der Waals surface area (Å²) in [6, 6.07) is 10.5. The van der Waals surface area contributed by atoms with Gasteiger partial charge in [-0.05, 0) is 12.1 Å². The van der Waals surface area contributed by atoms with Crippen LogP contribution in [0, 0.1) is 0 Å². The van der Waals surface area contributed by atoms with Gasteiger partial charge in [0.2, 0.25) is 0 Å². The molecule has 144 valence electrons. The van der Waals surface area contributed by atoms with Crippen molar-refractivity contribution in [1.29, 1.82) is 0 Å². The van der Waals surface area contributed by atoms with Crippen molar-refractivity contribution in [3.8, 4) is 0 Å². The minimum absolute atomic E-state index is 0.135. The van der Waals surface area contributed by atoms with Gasteiger partial charge in [-0.2, -0.15) is 0 Å². The van der Waals surface area contributed by atoms with E-state index in [4.69, 9.17) is 23.2 Å². The Morgan fingerprint density at radius 1 is 1.07 bits per heavy atom. The van der Waals surface area contributed by atoms with Crippen LogP contribution in [-0.4, -0.2) is 46.5 Å². The first-order valence-electron chi connectivity index (χ1n) is 8.90. The van der Waals surface area contributed by atoms with Gasteiger partial charge in [-0.25, -0.2) is 4.98 Å². The van der Waals surface area contributed by atoms with Crippen LogP contribution in [0.25, 0.3) is 10.9 Å². The number of amides is 1. The molecule has 0 aliphatic carbocycles. The van der Waals surface area contributed by atoms with E-state index in [2.05, 4.69) is 4.98 Å². The van der Waals surface area contributed by atoms with Crippen LogP contribution >= 0.6 is 23.2 Å². The summed E-state index contributed by atoms with van der Waals surface area (Å²) < 4.78 is 1.55. The molecule has 28 heavy (non-hydrogen) atoms. The molecule has 0 radical (unpaired) electrons. The van der Waals surface area contributed by atoms with Crippen LogP contribution in [-0.2, 0) is 7.05 Å². The van der Waals surface area contributed by atoms with Crippen molar-refractivity contribution in [2.24, 2.45) is 7.05 Å². The number of carbonyl (C=O) groups is 1. The number of para-hydroxylation sites is 1. The first kappa shape index (κ1) is 18.8. The van der Waals surface area contributed by atoms with Crippen molar-refractivity contribution in [2.45, 2.75) is 0 Å². The Morgan fingerprint density at radius 2 is 1.79 bits per heavy atom. The van der Waals surface area contributed by atoms with Gasteiger partial charge < -0.3 is 14.4 Å². The van der Waals surface area contributed by atoms with Crippen molar-refractivity contribution in [3.63, 3.8) is 0 Å². The van der Waals surface area contributed by atoms with E-state index in [1.807, 2.05) is 29.2 Å². The van der Waals surface area contributed by atoms with E-state index >= 15 is 0 Å². The standard InChI is InChI=1S/C20H18Cl2N4O2/c1-24-17-5-3-2-4-14(17)15(11-18(24)27)20(28)26-8-6-25(7-9-26)19-16(22)10-13(21)12-23-19/h2-5,10-12H,6-9H2,1H3. The highest BCUT2D eigenvalue weighted by Crippen LogP contribution is 2.27. The van der Waals surface area contributed by atoms with Gasteiger partial charge in [-0.15, -0.1) is 0 Å². The second kappa shape index (κ2) is 7.45. The van der Waals surface area contributed by atoms with Crippen LogP contribution in [0.4, 0.5) is 5.82 Å². The van der Waals surface area contributed by atoms with Crippen LogP contribution < -0.4 is 10.5 Å². The number of nitrogens with zero attached hydrogens (tertiary/aromatic N) is 4. The smallest absolute Gasteiger partial charge is 0.254 e. The van der Waals surface area contributed by atoms with Crippen molar-refractivity contribution in [3.05, 3.63) is 68.6 Å². The molecule has 6 nitrogen and oxygen atoms in total. The van der Waals surface area contributed by atoms with E-state index in [9.17, 15) is 9.59 Å². The molecule has 0 unspecified atom stereocenters. The molecule has 1 fully saturated rings. The van der Waals surface area contributed by atoms with E-state index in [1.165, 1.54) is 6.07 Å². The summed E-state index contributed by atoms with van der Waals surface area (Å²) in [6.07, 6.45) is 1.56. The van der Waals surface area contributed by atoms with Crippen molar-refractivity contribution in [2.75, 3.05) is 31.1 Å². The number of piperazine rings is 1. The summed E-state index contributed by atoms with van der Waals surface area (Å²) in [6.45, 7) is 2.23. The minimum Gasteiger partial charge on any atom is -0.352 e. The monoisotopic (exact) mass is 416 g/mol. The van der Waals surface area contributed by atoms with Gasteiger partial charge in [0.25, 0.3) is 11.5 Å². The third kappa shape index (κ3) is 3.34. The fourth-order valence-corrected chi connectivity index (χ4v) is 4.02. The lowest BCUT2D eigenvalue weighted by atomic mass is 10.1. The third-order valence-corrected chi connectivity index (χ3v) is 5.52. The lowest BCUT2D eigenvalue weighted by Gasteiger charge is -2.36. The van der Waals surface area contributed by atoms with Gasteiger partial charge in [0.15, 0.2) is 0 Å². The highest BCUT2D eigenvalue weighted by molar-refractivity contribution is 6.36. The SMILES string of the molecule is Cn1c(=O)cc(C(=O)N2CCN(c3ncc(Cl)cc3Cl)CC2)c2ccccc21. The van der Waals surface area contributed by atoms with E-state index in [0.29, 0.717) is 47.6 Å². The van der Waals surface area contributed by atoms with Crippen LogP contribution in [0.5, 0.6) is 0 Å². The topological polar surface area (TPSA) is 58.4 Å². The molecule has 3 aromatic rings. The van der Waals surface area contributed by atoms with Crippen molar-refractivity contribution >= 4 is 45.8 Å². The molecule has 0 spiro atoms. The lowest BCUT2D eigenvalue weighted by molar-refractivity contribution is 0.0748. The molecule has 1 aliphatic rings. The number of halogens is 2. The Morgan fingerprint density at radius 3 is 2.50 bits per heavy atom. The fourth-order valence-electron chi connectivity index (χ4n) is 3.52. The predicted octanol–water partition coefficient (Wildman–Crippen LogP) is 3.20. The predicted molar refractivity (Wildman–Crippen MR) is 112 cm³/mol. The summed E-state index contributed by atoms with van der Waals surface area (Å²) >= 11 is 12.2. The highest BCUT2D eigenvalue weighted by atomic mass is 35.5. The Kier molecular flexibility index (Phi) is 5.00. The summed E-state index contributed by atoms with van der Waals surface area (Å²) in [5.74, 6) is 0.529. The number of hydrogen-bond acceptors (Lipinski definition) is 4. The Hall–Kier alpha value is -2.57. The molecule has 2 aromatic heterocycles. The van der Waals surface area contributed by atoms with Crippen LogP contribution in [0.2, 0.25) is 10.0 Å². The normalized spacial score (nSPS) is 14.5. The second-order valence-corrected chi connectivity index (χ2v) is 7.55. The number of hydrogen-bond donors (Lipinski definition) is 0. The maximum atomic E-state index is 13.1. The van der Waals surface area contributed by atoms with E-state index in [-0.39, 0.29) is 11.5 Å². The number of rotatable bonds is 2. The van der Waals surface area contributed by atoms with Gasteiger partial charge >= 0.3 is 0 Å². The van der Waals surface area contributed by atoms with E-state index in [0.717, 1.165) is 10.9 Å². The number of aryl methyl sites for hydroxylation is 1. The van der Waals surface area contributed by atoms with Gasteiger partial charge in [0, 0.05) is 50.9 Å². The van der Waals surface area contributed by atoms with Crippen molar-refractivity contribution in [1.82, 2.24) is 14.5 Å². The molecule has 0 N–H and O–H groups in total. The molecule has 1 aliphatic heterocycles. The fraction of sp³-hybridized carbons (Fsp3) is 0.250. The van der Waals surface area contributed by atoms with Crippen LogP contribution in [0.15, 0.2) is 47.4 Å². The number of fused-ring (bicyclic) bond motifs is 1. The zero-order valence-electron chi connectivity index (χ0n) is 15.2. The van der Waals surface area contributed by atoms with Gasteiger partial charge in [0.05, 0.1) is 21.1 Å². The first-order valence-corrected chi connectivity index (χ1v) is 9.65. The van der Waals surface area contributed by atoms with Gasteiger partial charge in [0.1, 0.15) is 5.82 Å². The zero-order chi connectivity index (χ0) is 19.8.